The standard InChI is InChI=1S/C17H36O2Si/c1-5-8-9-10-11-12-15(4)17(13-6-2,14-7-3)16(18)19-20/h15H,5-14H2,1-4,20H3. The summed E-state index contributed by atoms with van der Waals surface area (Å²) in [6.45, 7) is 8.87. The second kappa shape index (κ2) is 11.4. The molecule has 1 atom stereocenters. The quantitative estimate of drug-likeness (QED) is 0.394. The third-order valence-electron chi connectivity index (χ3n) is 4.67. The van der Waals surface area contributed by atoms with E-state index in [1.54, 1.807) is 0 Å². The summed E-state index contributed by atoms with van der Waals surface area (Å²) in [6, 6.07) is 0. The van der Waals surface area contributed by atoms with Gasteiger partial charge in [-0.3, -0.25) is 4.79 Å². The minimum atomic E-state index is -0.212. The maximum absolute atomic E-state index is 12.4. The molecule has 1 unspecified atom stereocenters. The second-order valence-electron chi connectivity index (χ2n) is 6.25. The predicted molar refractivity (Wildman–Crippen MR) is 90.8 cm³/mol. The van der Waals surface area contributed by atoms with E-state index in [1.165, 1.54) is 38.5 Å². The van der Waals surface area contributed by atoms with Crippen molar-refractivity contribution in [1.29, 1.82) is 0 Å². The van der Waals surface area contributed by atoms with E-state index in [0.29, 0.717) is 16.4 Å². The highest BCUT2D eigenvalue weighted by atomic mass is 28.2. The van der Waals surface area contributed by atoms with Crippen LogP contribution < -0.4 is 0 Å². The van der Waals surface area contributed by atoms with Crippen LogP contribution in [0, 0.1) is 11.3 Å². The molecule has 0 aromatic carbocycles. The van der Waals surface area contributed by atoms with Gasteiger partial charge in [-0.15, -0.1) is 0 Å². The van der Waals surface area contributed by atoms with Crippen molar-refractivity contribution >= 4 is 16.5 Å². The summed E-state index contributed by atoms with van der Waals surface area (Å²) in [5.41, 5.74) is -0.212. The molecular formula is C17H36O2Si. The lowest BCUT2D eigenvalue weighted by molar-refractivity contribution is -0.150. The summed E-state index contributed by atoms with van der Waals surface area (Å²) < 4.78 is 5.29. The Morgan fingerprint density at radius 2 is 1.55 bits per heavy atom. The maximum atomic E-state index is 12.4. The Hall–Kier alpha value is -0.313. The zero-order chi connectivity index (χ0) is 15.4. The van der Waals surface area contributed by atoms with Crippen molar-refractivity contribution < 1.29 is 9.22 Å². The minimum Gasteiger partial charge on any atom is -0.528 e. The molecule has 0 saturated carbocycles. The van der Waals surface area contributed by atoms with Gasteiger partial charge in [-0.1, -0.05) is 72.6 Å². The Morgan fingerprint density at radius 3 is 2.00 bits per heavy atom. The Kier molecular flexibility index (Phi) is 11.2. The van der Waals surface area contributed by atoms with Crippen molar-refractivity contribution in [3.8, 4) is 0 Å². The third-order valence-corrected chi connectivity index (χ3v) is 5.04. The van der Waals surface area contributed by atoms with Gasteiger partial charge in [-0.25, -0.2) is 0 Å². The molecule has 0 N–H and O–H groups in total. The highest BCUT2D eigenvalue weighted by molar-refractivity contribution is 6.06. The van der Waals surface area contributed by atoms with Crippen molar-refractivity contribution in [2.24, 2.45) is 11.3 Å². The fourth-order valence-corrected chi connectivity index (χ4v) is 3.86. The van der Waals surface area contributed by atoms with E-state index in [2.05, 4.69) is 27.7 Å². The van der Waals surface area contributed by atoms with Gasteiger partial charge in [-0.2, -0.15) is 0 Å². The van der Waals surface area contributed by atoms with E-state index >= 15 is 0 Å². The molecule has 2 nitrogen and oxygen atoms in total. The van der Waals surface area contributed by atoms with Crippen LogP contribution in [-0.4, -0.2) is 16.5 Å². The zero-order valence-corrected chi connectivity index (χ0v) is 16.5. The zero-order valence-electron chi connectivity index (χ0n) is 14.5. The summed E-state index contributed by atoms with van der Waals surface area (Å²) in [5.74, 6) is 0.527. The Labute approximate surface area is 129 Å². The van der Waals surface area contributed by atoms with Gasteiger partial charge < -0.3 is 4.43 Å². The van der Waals surface area contributed by atoms with Gasteiger partial charge >= 0.3 is 0 Å². The molecule has 0 aromatic rings. The molecule has 0 radical (unpaired) electrons. The lowest BCUT2D eigenvalue weighted by atomic mass is 9.68. The highest BCUT2D eigenvalue weighted by Gasteiger charge is 2.42. The molecule has 120 valence electrons. The molecule has 0 aromatic heterocycles. The summed E-state index contributed by atoms with van der Waals surface area (Å²) >= 11 is 0. The SMILES string of the molecule is CCCCCCCC(C)C(CCC)(CCC)C(=O)O[SiH3]. The Balaban J connectivity index is 4.60. The highest BCUT2D eigenvalue weighted by Crippen LogP contribution is 2.41. The topological polar surface area (TPSA) is 26.3 Å². The van der Waals surface area contributed by atoms with E-state index in [4.69, 9.17) is 4.43 Å². The number of unbranched alkanes of at least 4 members (excludes halogenated alkanes) is 4. The molecule has 0 saturated heterocycles. The van der Waals surface area contributed by atoms with E-state index < -0.39 is 0 Å². The fraction of sp³-hybridized carbons (Fsp3) is 0.941. The van der Waals surface area contributed by atoms with Crippen molar-refractivity contribution in [3.63, 3.8) is 0 Å². The number of hydrogen-bond donors (Lipinski definition) is 0. The molecule has 0 bridgehead atoms. The van der Waals surface area contributed by atoms with Gasteiger partial charge in [0.2, 0.25) is 10.5 Å². The first-order valence-electron chi connectivity index (χ1n) is 8.67. The van der Waals surface area contributed by atoms with Crippen LogP contribution in [0.15, 0.2) is 0 Å². The normalized spacial score (nSPS) is 13.4. The number of carbonyl (C=O) groups is 1. The molecular weight excluding hydrogens is 264 g/mol. The van der Waals surface area contributed by atoms with Crippen LogP contribution >= 0.6 is 0 Å². The molecule has 0 amide bonds. The predicted octanol–water partition coefficient (Wildman–Crippen LogP) is 4.39. The largest absolute Gasteiger partial charge is 0.528 e. The molecule has 20 heavy (non-hydrogen) atoms. The summed E-state index contributed by atoms with van der Waals surface area (Å²) in [5, 5.41) is 0. The molecule has 0 rings (SSSR count). The molecule has 0 fully saturated rings. The molecule has 3 heteroatoms. The van der Waals surface area contributed by atoms with Gasteiger partial charge in [0.25, 0.3) is 5.97 Å². The fourth-order valence-electron chi connectivity index (χ4n) is 3.45. The average molecular weight is 301 g/mol. The average Bonchev–Trinajstić information content (AvgIpc) is 2.45. The summed E-state index contributed by atoms with van der Waals surface area (Å²) in [6.07, 6.45) is 11.8. The van der Waals surface area contributed by atoms with Crippen LogP contribution in [0.5, 0.6) is 0 Å². The summed E-state index contributed by atoms with van der Waals surface area (Å²) in [4.78, 5) is 12.4. The third kappa shape index (κ3) is 5.98. The lowest BCUT2D eigenvalue weighted by Gasteiger charge is -2.37. The number of carbonyl (C=O) groups excluding carboxylic acids is 1. The van der Waals surface area contributed by atoms with Gasteiger partial charge in [-0.05, 0) is 25.2 Å². The van der Waals surface area contributed by atoms with Crippen molar-refractivity contribution in [2.75, 3.05) is 0 Å². The van der Waals surface area contributed by atoms with Crippen LogP contribution in [0.25, 0.3) is 0 Å². The van der Waals surface area contributed by atoms with E-state index in [-0.39, 0.29) is 11.4 Å². The number of rotatable bonds is 12. The van der Waals surface area contributed by atoms with E-state index in [0.717, 1.165) is 25.7 Å². The first-order valence-corrected chi connectivity index (χ1v) is 9.49. The first kappa shape index (κ1) is 19.7. The molecule has 0 aliphatic heterocycles. The van der Waals surface area contributed by atoms with E-state index in [9.17, 15) is 4.79 Å². The van der Waals surface area contributed by atoms with Gasteiger partial charge in [0.15, 0.2) is 0 Å². The van der Waals surface area contributed by atoms with Crippen LogP contribution in [0.2, 0.25) is 0 Å². The molecule has 0 heterocycles. The van der Waals surface area contributed by atoms with Crippen LogP contribution in [0.4, 0.5) is 0 Å². The smallest absolute Gasteiger partial charge is 0.298 e. The second-order valence-corrected chi connectivity index (χ2v) is 6.66. The minimum absolute atomic E-state index is 0.0777. The van der Waals surface area contributed by atoms with Gasteiger partial charge in [0.1, 0.15) is 0 Å². The van der Waals surface area contributed by atoms with Crippen LogP contribution in [-0.2, 0) is 9.22 Å². The van der Waals surface area contributed by atoms with Crippen molar-refractivity contribution in [2.45, 2.75) is 91.9 Å². The van der Waals surface area contributed by atoms with Crippen molar-refractivity contribution in [3.05, 3.63) is 0 Å². The van der Waals surface area contributed by atoms with Crippen LogP contribution in [0.1, 0.15) is 91.9 Å². The summed E-state index contributed by atoms with van der Waals surface area (Å²) in [7, 11) is 0.520. The van der Waals surface area contributed by atoms with E-state index in [1.807, 2.05) is 0 Å². The molecule has 0 aliphatic rings. The first-order chi connectivity index (χ1) is 9.58. The molecule has 0 aliphatic carbocycles. The Bertz CT molecular complexity index is 247. The van der Waals surface area contributed by atoms with Gasteiger partial charge in [0.05, 0.1) is 5.41 Å². The monoisotopic (exact) mass is 300 g/mol. The molecule has 0 spiro atoms. The Morgan fingerprint density at radius 1 is 1.00 bits per heavy atom. The van der Waals surface area contributed by atoms with Gasteiger partial charge in [0, 0.05) is 0 Å². The maximum Gasteiger partial charge on any atom is 0.298 e. The van der Waals surface area contributed by atoms with Crippen molar-refractivity contribution in [1.82, 2.24) is 0 Å². The number of hydrogen-bond acceptors (Lipinski definition) is 2. The van der Waals surface area contributed by atoms with Crippen LogP contribution in [0.3, 0.4) is 0 Å². The lowest BCUT2D eigenvalue weighted by Crippen LogP contribution is -2.38.